The van der Waals surface area contributed by atoms with Crippen molar-refractivity contribution in [3.8, 4) is 11.4 Å². The number of benzene rings is 3. The van der Waals surface area contributed by atoms with Crippen molar-refractivity contribution in [3.05, 3.63) is 78.6 Å². The summed E-state index contributed by atoms with van der Waals surface area (Å²) in [4.78, 5) is 12.3. The fourth-order valence-electron chi connectivity index (χ4n) is 2.66. The van der Waals surface area contributed by atoms with Gasteiger partial charge >= 0.3 is 5.97 Å². The third-order valence-corrected chi connectivity index (χ3v) is 3.87. The Labute approximate surface area is 143 Å². The zero-order chi connectivity index (χ0) is 17.1. The summed E-state index contributed by atoms with van der Waals surface area (Å²) in [6.45, 7) is 0. The van der Waals surface area contributed by atoms with Crippen molar-refractivity contribution < 1.29 is 9.53 Å². The number of ether oxygens (including phenoxy) is 1. The average Bonchev–Trinajstić information content (AvgIpc) is 3.17. The molecule has 0 saturated heterocycles. The van der Waals surface area contributed by atoms with E-state index in [1.54, 1.807) is 10.7 Å². The maximum atomic E-state index is 12.3. The SMILES string of the molecule is O=C(Cc1ccc(-n2cnnn2)cc1)Oc1cccc2ccccc12. The predicted molar refractivity (Wildman–Crippen MR) is 92.4 cm³/mol. The summed E-state index contributed by atoms with van der Waals surface area (Å²) >= 11 is 0. The summed E-state index contributed by atoms with van der Waals surface area (Å²) < 4.78 is 7.11. The van der Waals surface area contributed by atoms with E-state index in [4.69, 9.17) is 4.74 Å². The van der Waals surface area contributed by atoms with E-state index in [1.807, 2.05) is 60.7 Å². The Kier molecular flexibility index (Phi) is 3.92. The lowest BCUT2D eigenvalue weighted by Gasteiger charge is -2.08. The molecule has 6 heteroatoms. The first-order valence-corrected chi connectivity index (χ1v) is 7.80. The normalized spacial score (nSPS) is 10.7. The molecule has 0 saturated carbocycles. The molecule has 0 aliphatic carbocycles. The fraction of sp³-hybridized carbons (Fsp3) is 0.0526. The van der Waals surface area contributed by atoms with Crippen LogP contribution >= 0.6 is 0 Å². The van der Waals surface area contributed by atoms with Gasteiger partial charge in [-0.3, -0.25) is 4.79 Å². The molecule has 0 radical (unpaired) electrons. The van der Waals surface area contributed by atoms with E-state index < -0.39 is 0 Å². The second-order valence-corrected chi connectivity index (χ2v) is 5.55. The van der Waals surface area contributed by atoms with Crippen molar-refractivity contribution in [2.45, 2.75) is 6.42 Å². The molecule has 0 fully saturated rings. The number of hydrogen-bond acceptors (Lipinski definition) is 5. The summed E-state index contributed by atoms with van der Waals surface area (Å²) in [5.74, 6) is 0.278. The molecule has 0 bridgehead atoms. The standard InChI is InChI=1S/C19H14N4O2/c24-19(25-18-7-3-5-15-4-1-2-6-17(15)18)12-14-8-10-16(11-9-14)23-13-20-21-22-23/h1-11,13H,12H2. The first-order valence-electron chi connectivity index (χ1n) is 7.80. The Balaban J connectivity index is 1.48. The maximum Gasteiger partial charge on any atom is 0.315 e. The largest absolute Gasteiger partial charge is 0.426 e. The summed E-state index contributed by atoms with van der Waals surface area (Å²) in [5.41, 5.74) is 1.69. The molecular formula is C19H14N4O2. The number of hydrogen-bond donors (Lipinski definition) is 0. The third-order valence-electron chi connectivity index (χ3n) is 3.87. The Morgan fingerprint density at radius 3 is 2.56 bits per heavy atom. The zero-order valence-electron chi connectivity index (χ0n) is 13.2. The van der Waals surface area contributed by atoms with Crippen LogP contribution in [0, 0.1) is 0 Å². The summed E-state index contributed by atoms with van der Waals surface area (Å²) in [5, 5.41) is 13.0. The third kappa shape index (κ3) is 3.23. The van der Waals surface area contributed by atoms with Crippen molar-refractivity contribution in [3.63, 3.8) is 0 Å². The monoisotopic (exact) mass is 330 g/mol. The first-order chi connectivity index (χ1) is 12.3. The topological polar surface area (TPSA) is 69.9 Å². The van der Waals surface area contributed by atoms with E-state index in [9.17, 15) is 4.79 Å². The summed E-state index contributed by atoms with van der Waals surface area (Å²) in [6, 6.07) is 20.9. The molecule has 0 unspecified atom stereocenters. The summed E-state index contributed by atoms with van der Waals surface area (Å²) in [6.07, 6.45) is 1.71. The minimum Gasteiger partial charge on any atom is -0.426 e. The zero-order valence-corrected chi connectivity index (χ0v) is 13.2. The molecule has 4 aromatic rings. The van der Waals surface area contributed by atoms with Gasteiger partial charge in [0.25, 0.3) is 0 Å². The van der Waals surface area contributed by atoms with Gasteiger partial charge < -0.3 is 4.74 Å². The van der Waals surface area contributed by atoms with Crippen molar-refractivity contribution in [1.29, 1.82) is 0 Å². The molecule has 3 aromatic carbocycles. The number of aromatic nitrogens is 4. The highest BCUT2D eigenvalue weighted by Crippen LogP contribution is 2.25. The van der Waals surface area contributed by atoms with Crippen LogP contribution in [0.4, 0.5) is 0 Å². The lowest BCUT2D eigenvalue weighted by Crippen LogP contribution is -2.11. The van der Waals surface area contributed by atoms with Gasteiger partial charge in [0.05, 0.1) is 12.1 Å². The van der Waals surface area contributed by atoms with Crippen LogP contribution in [-0.2, 0) is 11.2 Å². The number of nitrogens with zero attached hydrogens (tertiary/aromatic N) is 4. The van der Waals surface area contributed by atoms with E-state index >= 15 is 0 Å². The van der Waals surface area contributed by atoms with Crippen LogP contribution in [0.2, 0.25) is 0 Å². The second kappa shape index (κ2) is 6.52. The molecule has 4 rings (SSSR count). The molecule has 0 N–H and O–H groups in total. The molecule has 1 heterocycles. The average molecular weight is 330 g/mol. The van der Waals surface area contributed by atoms with Crippen LogP contribution in [0.25, 0.3) is 16.5 Å². The molecule has 1 aromatic heterocycles. The van der Waals surface area contributed by atoms with Gasteiger partial charge in [-0.1, -0.05) is 48.5 Å². The highest BCUT2D eigenvalue weighted by Gasteiger charge is 2.09. The van der Waals surface area contributed by atoms with Crippen LogP contribution in [-0.4, -0.2) is 26.2 Å². The number of carbonyl (C=O) groups excluding carboxylic acids is 1. The number of tetrazole rings is 1. The number of carbonyl (C=O) groups is 1. The molecule has 0 amide bonds. The van der Waals surface area contributed by atoms with Crippen LogP contribution in [0.5, 0.6) is 5.75 Å². The van der Waals surface area contributed by atoms with E-state index in [0.717, 1.165) is 22.0 Å². The Bertz CT molecular complexity index is 1010. The van der Waals surface area contributed by atoms with Gasteiger partial charge in [0.2, 0.25) is 0 Å². The van der Waals surface area contributed by atoms with Gasteiger partial charge in [-0.2, -0.15) is 0 Å². The maximum absolute atomic E-state index is 12.3. The van der Waals surface area contributed by atoms with Gasteiger partial charge in [0.15, 0.2) is 0 Å². The van der Waals surface area contributed by atoms with Crippen LogP contribution in [0.15, 0.2) is 73.1 Å². The molecule has 0 aliphatic heterocycles. The van der Waals surface area contributed by atoms with Crippen LogP contribution < -0.4 is 4.74 Å². The molecule has 25 heavy (non-hydrogen) atoms. The molecule has 0 aliphatic rings. The second-order valence-electron chi connectivity index (χ2n) is 5.55. The van der Waals surface area contributed by atoms with Gasteiger partial charge in [-0.05, 0) is 39.6 Å². The molecule has 0 spiro atoms. The molecule has 6 nitrogen and oxygen atoms in total. The fourth-order valence-corrected chi connectivity index (χ4v) is 2.66. The van der Waals surface area contributed by atoms with Crippen LogP contribution in [0.1, 0.15) is 5.56 Å². The van der Waals surface area contributed by atoms with E-state index in [1.165, 1.54) is 6.33 Å². The van der Waals surface area contributed by atoms with Crippen molar-refractivity contribution in [2.24, 2.45) is 0 Å². The number of esters is 1. The molecule has 0 atom stereocenters. The van der Waals surface area contributed by atoms with Crippen LogP contribution in [0.3, 0.4) is 0 Å². The van der Waals surface area contributed by atoms with Gasteiger partial charge in [0.1, 0.15) is 12.1 Å². The Morgan fingerprint density at radius 2 is 1.76 bits per heavy atom. The Morgan fingerprint density at radius 1 is 0.960 bits per heavy atom. The van der Waals surface area contributed by atoms with Crippen molar-refractivity contribution >= 4 is 16.7 Å². The van der Waals surface area contributed by atoms with E-state index in [2.05, 4.69) is 15.5 Å². The van der Waals surface area contributed by atoms with Crippen molar-refractivity contribution in [2.75, 3.05) is 0 Å². The van der Waals surface area contributed by atoms with Gasteiger partial charge in [-0.15, -0.1) is 5.10 Å². The molecular weight excluding hydrogens is 316 g/mol. The van der Waals surface area contributed by atoms with E-state index in [0.29, 0.717) is 5.75 Å². The minimum atomic E-state index is -0.300. The lowest BCUT2D eigenvalue weighted by atomic mass is 10.1. The quantitative estimate of drug-likeness (QED) is 0.425. The lowest BCUT2D eigenvalue weighted by molar-refractivity contribution is -0.133. The minimum absolute atomic E-state index is 0.194. The number of fused-ring (bicyclic) bond motifs is 1. The highest BCUT2D eigenvalue weighted by molar-refractivity contribution is 5.90. The Hall–Kier alpha value is -3.54. The summed E-state index contributed by atoms with van der Waals surface area (Å²) in [7, 11) is 0. The number of rotatable bonds is 4. The van der Waals surface area contributed by atoms with Gasteiger partial charge in [0, 0.05) is 5.39 Å². The molecule has 122 valence electrons. The predicted octanol–water partition coefficient (Wildman–Crippen LogP) is 2.96. The highest BCUT2D eigenvalue weighted by atomic mass is 16.5. The first kappa shape index (κ1) is 15.0. The van der Waals surface area contributed by atoms with Crippen molar-refractivity contribution in [1.82, 2.24) is 20.2 Å². The van der Waals surface area contributed by atoms with Gasteiger partial charge in [-0.25, -0.2) is 4.68 Å². The van der Waals surface area contributed by atoms with E-state index in [-0.39, 0.29) is 12.4 Å². The smallest absolute Gasteiger partial charge is 0.315 e.